The largest absolute Gasteiger partial charge is 0.326 e. The Hall–Kier alpha value is -1.98. The van der Waals surface area contributed by atoms with E-state index in [1.807, 2.05) is 48.7 Å². The van der Waals surface area contributed by atoms with Gasteiger partial charge in [-0.15, -0.1) is 0 Å². The number of nitrogens with two attached hydrogens (primary N) is 1. The van der Waals surface area contributed by atoms with Gasteiger partial charge in [-0.05, 0) is 35.9 Å². The number of nitrogens with zero attached hydrogens (tertiary/aromatic N) is 2. The molecular formula is C15H13BrN4. The second-order valence-electron chi connectivity index (χ2n) is 4.42. The van der Waals surface area contributed by atoms with Crippen molar-refractivity contribution in [3.05, 3.63) is 58.7 Å². The molecule has 0 saturated carbocycles. The molecule has 2 aromatic carbocycles. The van der Waals surface area contributed by atoms with E-state index in [1.54, 1.807) is 0 Å². The molecule has 20 heavy (non-hydrogen) atoms. The van der Waals surface area contributed by atoms with E-state index in [1.165, 1.54) is 0 Å². The Balaban J connectivity index is 1.88. The summed E-state index contributed by atoms with van der Waals surface area (Å²) in [6, 6.07) is 13.8. The van der Waals surface area contributed by atoms with Crippen LogP contribution in [0, 0.1) is 0 Å². The van der Waals surface area contributed by atoms with Gasteiger partial charge in [0.15, 0.2) is 0 Å². The third-order valence-electron chi connectivity index (χ3n) is 2.99. The summed E-state index contributed by atoms with van der Waals surface area (Å²) in [7, 11) is 0. The van der Waals surface area contributed by atoms with Crippen LogP contribution >= 0.6 is 15.9 Å². The number of nitrogens with one attached hydrogen (secondary N) is 1. The van der Waals surface area contributed by atoms with E-state index in [9.17, 15) is 0 Å². The van der Waals surface area contributed by atoms with Crippen LogP contribution < -0.4 is 11.1 Å². The van der Waals surface area contributed by atoms with E-state index in [2.05, 4.69) is 31.2 Å². The van der Waals surface area contributed by atoms with Crippen LogP contribution in [-0.4, -0.2) is 9.97 Å². The number of hydrogen-bond acceptors (Lipinski definition) is 4. The SMILES string of the molecule is NCc1ccc(Nc2ncc3cc(Br)ccc3n2)cc1. The maximum absolute atomic E-state index is 5.58. The van der Waals surface area contributed by atoms with E-state index in [0.717, 1.165) is 26.6 Å². The first-order valence-corrected chi connectivity index (χ1v) is 7.02. The van der Waals surface area contributed by atoms with Gasteiger partial charge in [-0.3, -0.25) is 0 Å². The molecule has 0 spiro atoms. The second kappa shape index (κ2) is 5.56. The van der Waals surface area contributed by atoms with Crippen LogP contribution in [0.2, 0.25) is 0 Å². The van der Waals surface area contributed by atoms with Gasteiger partial charge in [0.2, 0.25) is 5.95 Å². The highest BCUT2D eigenvalue weighted by atomic mass is 79.9. The third-order valence-corrected chi connectivity index (χ3v) is 3.48. The maximum atomic E-state index is 5.58. The Kier molecular flexibility index (Phi) is 3.62. The number of rotatable bonds is 3. The molecule has 0 unspecified atom stereocenters. The number of fused-ring (bicyclic) bond motifs is 1. The van der Waals surface area contributed by atoms with E-state index < -0.39 is 0 Å². The van der Waals surface area contributed by atoms with Crippen LogP contribution in [0.5, 0.6) is 0 Å². The lowest BCUT2D eigenvalue weighted by Crippen LogP contribution is -1.99. The summed E-state index contributed by atoms with van der Waals surface area (Å²) in [5.74, 6) is 0.584. The molecule has 1 aromatic heterocycles. The highest BCUT2D eigenvalue weighted by Crippen LogP contribution is 2.20. The zero-order valence-corrected chi connectivity index (χ0v) is 12.3. The van der Waals surface area contributed by atoms with Crippen molar-refractivity contribution in [2.24, 2.45) is 5.73 Å². The number of halogens is 1. The maximum Gasteiger partial charge on any atom is 0.227 e. The number of aromatic nitrogens is 2. The summed E-state index contributed by atoms with van der Waals surface area (Å²) in [5, 5.41) is 4.19. The smallest absolute Gasteiger partial charge is 0.227 e. The molecule has 100 valence electrons. The molecule has 3 aromatic rings. The van der Waals surface area contributed by atoms with Crippen molar-refractivity contribution in [2.75, 3.05) is 5.32 Å². The Labute approximate surface area is 125 Å². The summed E-state index contributed by atoms with van der Waals surface area (Å²) in [4.78, 5) is 8.80. The molecular weight excluding hydrogens is 316 g/mol. The van der Waals surface area contributed by atoms with Crippen LogP contribution in [0.25, 0.3) is 10.9 Å². The molecule has 0 bridgehead atoms. The van der Waals surface area contributed by atoms with Crippen molar-refractivity contribution in [2.45, 2.75) is 6.54 Å². The van der Waals surface area contributed by atoms with Crippen molar-refractivity contribution < 1.29 is 0 Å². The van der Waals surface area contributed by atoms with E-state index in [-0.39, 0.29) is 0 Å². The Bertz CT molecular complexity index is 740. The van der Waals surface area contributed by atoms with Crippen LogP contribution in [0.4, 0.5) is 11.6 Å². The van der Waals surface area contributed by atoms with Crippen molar-refractivity contribution in [3.8, 4) is 0 Å². The van der Waals surface area contributed by atoms with Gasteiger partial charge < -0.3 is 11.1 Å². The number of benzene rings is 2. The molecule has 5 heteroatoms. The van der Waals surface area contributed by atoms with Gasteiger partial charge in [0, 0.05) is 28.3 Å². The Morgan fingerprint density at radius 2 is 1.90 bits per heavy atom. The molecule has 3 N–H and O–H groups in total. The second-order valence-corrected chi connectivity index (χ2v) is 5.34. The van der Waals surface area contributed by atoms with Crippen molar-refractivity contribution in [3.63, 3.8) is 0 Å². The zero-order valence-electron chi connectivity index (χ0n) is 10.7. The molecule has 0 radical (unpaired) electrons. The molecule has 0 amide bonds. The zero-order chi connectivity index (χ0) is 13.9. The lowest BCUT2D eigenvalue weighted by atomic mass is 10.2. The normalized spacial score (nSPS) is 10.7. The number of anilines is 2. The molecule has 0 atom stereocenters. The highest BCUT2D eigenvalue weighted by molar-refractivity contribution is 9.10. The van der Waals surface area contributed by atoms with E-state index in [4.69, 9.17) is 5.73 Å². The molecule has 0 aliphatic heterocycles. The highest BCUT2D eigenvalue weighted by Gasteiger charge is 2.01. The lowest BCUT2D eigenvalue weighted by Gasteiger charge is -2.06. The van der Waals surface area contributed by atoms with Gasteiger partial charge in [-0.2, -0.15) is 0 Å². The van der Waals surface area contributed by atoms with Crippen LogP contribution in [0.3, 0.4) is 0 Å². The number of hydrogen-bond donors (Lipinski definition) is 2. The van der Waals surface area contributed by atoms with Crippen molar-refractivity contribution >= 4 is 38.5 Å². The Morgan fingerprint density at radius 3 is 2.65 bits per heavy atom. The summed E-state index contributed by atoms with van der Waals surface area (Å²) in [6.45, 7) is 0.543. The van der Waals surface area contributed by atoms with Crippen LogP contribution in [0.1, 0.15) is 5.56 Å². The summed E-state index contributed by atoms with van der Waals surface area (Å²) >= 11 is 3.44. The fraction of sp³-hybridized carbons (Fsp3) is 0.0667. The minimum Gasteiger partial charge on any atom is -0.326 e. The molecule has 0 saturated heterocycles. The fourth-order valence-electron chi connectivity index (χ4n) is 1.92. The molecule has 1 heterocycles. The first kappa shape index (κ1) is 13.0. The van der Waals surface area contributed by atoms with E-state index >= 15 is 0 Å². The van der Waals surface area contributed by atoms with Crippen molar-refractivity contribution in [1.82, 2.24) is 9.97 Å². The average molecular weight is 329 g/mol. The van der Waals surface area contributed by atoms with E-state index in [0.29, 0.717) is 12.5 Å². The summed E-state index contributed by atoms with van der Waals surface area (Å²) in [6.07, 6.45) is 1.81. The monoisotopic (exact) mass is 328 g/mol. The minimum atomic E-state index is 0.543. The van der Waals surface area contributed by atoms with Gasteiger partial charge >= 0.3 is 0 Å². The predicted octanol–water partition coefficient (Wildman–Crippen LogP) is 3.59. The van der Waals surface area contributed by atoms with Gasteiger partial charge in [0.1, 0.15) is 0 Å². The Morgan fingerprint density at radius 1 is 1.10 bits per heavy atom. The topological polar surface area (TPSA) is 63.8 Å². The lowest BCUT2D eigenvalue weighted by molar-refractivity contribution is 1.07. The quantitative estimate of drug-likeness (QED) is 0.771. The molecule has 0 aliphatic carbocycles. The molecule has 3 rings (SSSR count). The first-order chi connectivity index (χ1) is 9.74. The van der Waals surface area contributed by atoms with Crippen molar-refractivity contribution in [1.29, 1.82) is 0 Å². The third kappa shape index (κ3) is 2.79. The average Bonchev–Trinajstić information content (AvgIpc) is 2.48. The van der Waals surface area contributed by atoms with Crippen LogP contribution in [-0.2, 0) is 6.54 Å². The fourth-order valence-corrected chi connectivity index (χ4v) is 2.30. The standard InChI is InChI=1S/C15H13BrN4/c16-12-3-6-14-11(7-12)9-18-15(20-14)19-13-4-1-10(8-17)2-5-13/h1-7,9H,8,17H2,(H,18,19,20). The summed E-state index contributed by atoms with van der Waals surface area (Å²) < 4.78 is 1.02. The molecule has 4 nitrogen and oxygen atoms in total. The molecule has 0 fully saturated rings. The van der Waals surface area contributed by atoms with Gasteiger partial charge in [-0.1, -0.05) is 28.1 Å². The summed E-state index contributed by atoms with van der Waals surface area (Å²) in [5.41, 5.74) is 8.52. The van der Waals surface area contributed by atoms with Gasteiger partial charge in [0.25, 0.3) is 0 Å². The first-order valence-electron chi connectivity index (χ1n) is 6.23. The van der Waals surface area contributed by atoms with Gasteiger partial charge in [0.05, 0.1) is 5.52 Å². The predicted molar refractivity (Wildman–Crippen MR) is 84.9 cm³/mol. The van der Waals surface area contributed by atoms with Crippen LogP contribution in [0.15, 0.2) is 53.1 Å². The minimum absolute atomic E-state index is 0.543. The molecule has 0 aliphatic rings. The van der Waals surface area contributed by atoms with Gasteiger partial charge in [-0.25, -0.2) is 9.97 Å².